The monoisotopic (exact) mass is 286 g/mol. The highest BCUT2D eigenvalue weighted by atomic mass is 79.9. The highest BCUT2D eigenvalue weighted by Crippen LogP contribution is 2.16. The molecular weight excluding hydrogens is 264 g/mol. The lowest BCUT2D eigenvalue weighted by Crippen LogP contribution is -2.06. The molecule has 0 radical (unpaired) electrons. The molecule has 0 fully saturated rings. The minimum Gasteiger partial charge on any atom is -0.270 e. The fourth-order valence-corrected chi connectivity index (χ4v) is 2.61. The van der Waals surface area contributed by atoms with Gasteiger partial charge in [-0.15, -0.1) is 0 Å². The molecule has 2 nitrogen and oxygen atoms in total. The Morgan fingerprint density at radius 1 is 1.31 bits per heavy atom. The van der Waals surface area contributed by atoms with E-state index >= 15 is 0 Å². The number of halogens is 1. The standard InChI is InChI=1S/C13H23BrN2/c1-4-7-11(14)8-9-13-10-12(5-2)15-16(13)6-3/h10-11H,4-9H2,1-3H3. The van der Waals surface area contributed by atoms with Crippen LogP contribution in [0, 0.1) is 0 Å². The summed E-state index contributed by atoms with van der Waals surface area (Å²) in [5.41, 5.74) is 2.61. The van der Waals surface area contributed by atoms with Crippen LogP contribution in [-0.4, -0.2) is 14.6 Å². The van der Waals surface area contributed by atoms with E-state index in [1.807, 2.05) is 0 Å². The summed E-state index contributed by atoms with van der Waals surface area (Å²) in [5, 5.41) is 4.57. The Balaban J connectivity index is 2.54. The van der Waals surface area contributed by atoms with Crippen molar-refractivity contribution in [3.63, 3.8) is 0 Å². The van der Waals surface area contributed by atoms with Crippen LogP contribution in [0.2, 0.25) is 0 Å². The fourth-order valence-electron chi connectivity index (χ4n) is 1.92. The SMILES string of the molecule is CCCC(Br)CCc1cc(CC)nn1CC. The van der Waals surface area contributed by atoms with Crippen LogP contribution < -0.4 is 0 Å². The maximum absolute atomic E-state index is 4.57. The van der Waals surface area contributed by atoms with Crippen molar-refractivity contribution in [1.82, 2.24) is 9.78 Å². The van der Waals surface area contributed by atoms with Gasteiger partial charge in [0.25, 0.3) is 0 Å². The molecule has 92 valence electrons. The van der Waals surface area contributed by atoms with Gasteiger partial charge in [0.1, 0.15) is 0 Å². The van der Waals surface area contributed by atoms with Crippen LogP contribution in [0.5, 0.6) is 0 Å². The van der Waals surface area contributed by atoms with E-state index in [0.717, 1.165) is 19.4 Å². The summed E-state index contributed by atoms with van der Waals surface area (Å²) in [4.78, 5) is 0.655. The first-order chi connectivity index (χ1) is 7.71. The zero-order chi connectivity index (χ0) is 12.0. The van der Waals surface area contributed by atoms with Crippen molar-refractivity contribution < 1.29 is 0 Å². The van der Waals surface area contributed by atoms with Crippen LogP contribution in [-0.2, 0) is 19.4 Å². The van der Waals surface area contributed by atoms with Crippen molar-refractivity contribution in [2.24, 2.45) is 0 Å². The second kappa shape index (κ2) is 7.10. The van der Waals surface area contributed by atoms with E-state index in [0.29, 0.717) is 4.83 Å². The molecule has 1 aromatic heterocycles. The molecule has 0 aliphatic heterocycles. The quantitative estimate of drug-likeness (QED) is 0.694. The zero-order valence-corrected chi connectivity index (χ0v) is 12.3. The molecule has 3 heteroatoms. The molecule has 1 aromatic rings. The molecule has 0 aliphatic carbocycles. The lowest BCUT2D eigenvalue weighted by Gasteiger charge is -2.08. The average molecular weight is 287 g/mol. The van der Waals surface area contributed by atoms with Gasteiger partial charge >= 0.3 is 0 Å². The first-order valence-corrected chi connectivity index (χ1v) is 7.32. The predicted octanol–water partition coefficient (Wildman–Crippen LogP) is 3.96. The summed E-state index contributed by atoms with van der Waals surface area (Å²) >= 11 is 3.74. The molecule has 1 unspecified atom stereocenters. The molecule has 0 aliphatic rings. The summed E-state index contributed by atoms with van der Waals surface area (Å²) in [7, 11) is 0. The smallest absolute Gasteiger partial charge is 0.0624 e. The summed E-state index contributed by atoms with van der Waals surface area (Å²) in [5.74, 6) is 0. The van der Waals surface area contributed by atoms with Gasteiger partial charge in [0.2, 0.25) is 0 Å². The maximum Gasteiger partial charge on any atom is 0.0624 e. The molecule has 0 bridgehead atoms. The van der Waals surface area contributed by atoms with E-state index in [4.69, 9.17) is 0 Å². The molecule has 0 spiro atoms. The number of hydrogen-bond acceptors (Lipinski definition) is 1. The number of nitrogens with zero attached hydrogens (tertiary/aromatic N) is 2. The van der Waals surface area contributed by atoms with E-state index in [1.54, 1.807) is 0 Å². The Morgan fingerprint density at radius 3 is 2.62 bits per heavy atom. The van der Waals surface area contributed by atoms with Crippen LogP contribution in [0.1, 0.15) is 51.4 Å². The van der Waals surface area contributed by atoms with Crippen LogP contribution in [0.25, 0.3) is 0 Å². The topological polar surface area (TPSA) is 17.8 Å². The third kappa shape index (κ3) is 3.93. The Labute approximate surface area is 108 Å². The van der Waals surface area contributed by atoms with E-state index in [-0.39, 0.29) is 0 Å². The summed E-state index contributed by atoms with van der Waals surface area (Å²) in [6, 6.07) is 2.26. The second-order valence-corrected chi connectivity index (χ2v) is 5.52. The first-order valence-electron chi connectivity index (χ1n) is 6.40. The third-order valence-electron chi connectivity index (χ3n) is 2.89. The summed E-state index contributed by atoms with van der Waals surface area (Å²) in [6.07, 6.45) is 5.90. The molecule has 0 N–H and O–H groups in total. The molecule has 0 aromatic carbocycles. The molecule has 1 atom stereocenters. The van der Waals surface area contributed by atoms with E-state index in [9.17, 15) is 0 Å². The molecule has 0 saturated carbocycles. The average Bonchev–Trinajstić information content (AvgIpc) is 2.69. The largest absolute Gasteiger partial charge is 0.270 e. The third-order valence-corrected chi connectivity index (χ3v) is 3.81. The van der Waals surface area contributed by atoms with Gasteiger partial charge in [0.15, 0.2) is 0 Å². The Morgan fingerprint density at radius 2 is 2.06 bits per heavy atom. The van der Waals surface area contributed by atoms with E-state index in [1.165, 1.54) is 30.7 Å². The minimum absolute atomic E-state index is 0.655. The lowest BCUT2D eigenvalue weighted by atomic mass is 10.1. The highest BCUT2D eigenvalue weighted by Gasteiger charge is 2.08. The van der Waals surface area contributed by atoms with Crippen molar-refractivity contribution in [2.75, 3.05) is 0 Å². The number of alkyl halides is 1. The van der Waals surface area contributed by atoms with Crippen LogP contribution in [0.15, 0.2) is 6.07 Å². The Kier molecular flexibility index (Phi) is 6.10. The van der Waals surface area contributed by atoms with Crippen molar-refractivity contribution in [3.05, 3.63) is 17.5 Å². The van der Waals surface area contributed by atoms with Crippen molar-refractivity contribution in [1.29, 1.82) is 0 Å². The molecule has 0 amide bonds. The van der Waals surface area contributed by atoms with Gasteiger partial charge in [-0.3, -0.25) is 4.68 Å². The Hall–Kier alpha value is -0.310. The molecule has 1 rings (SSSR count). The molecule has 1 heterocycles. The van der Waals surface area contributed by atoms with Crippen molar-refractivity contribution in [2.45, 2.75) is 64.2 Å². The minimum atomic E-state index is 0.655. The maximum atomic E-state index is 4.57. The van der Waals surface area contributed by atoms with Gasteiger partial charge in [0.05, 0.1) is 5.69 Å². The van der Waals surface area contributed by atoms with Gasteiger partial charge in [-0.1, -0.05) is 36.2 Å². The van der Waals surface area contributed by atoms with Crippen molar-refractivity contribution >= 4 is 15.9 Å². The second-order valence-electron chi connectivity index (χ2n) is 4.22. The van der Waals surface area contributed by atoms with Gasteiger partial charge in [-0.05, 0) is 38.7 Å². The van der Waals surface area contributed by atoms with Gasteiger partial charge in [-0.25, -0.2) is 0 Å². The van der Waals surface area contributed by atoms with Gasteiger partial charge < -0.3 is 0 Å². The van der Waals surface area contributed by atoms with E-state index in [2.05, 4.69) is 52.5 Å². The molecule has 0 saturated heterocycles. The predicted molar refractivity (Wildman–Crippen MR) is 73.2 cm³/mol. The normalized spacial score (nSPS) is 13.0. The molecular formula is C13H23BrN2. The van der Waals surface area contributed by atoms with E-state index < -0.39 is 0 Å². The van der Waals surface area contributed by atoms with Crippen LogP contribution in [0.4, 0.5) is 0 Å². The van der Waals surface area contributed by atoms with Crippen LogP contribution in [0.3, 0.4) is 0 Å². The zero-order valence-electron chi connectivity index (χ0n) is 10.7. The van der Waals surface area contributed by atoms with Crippen molar-refractivity contribution in [3.8, 4) is 0 Å². The number of aromatic nitrogens is 2. The van der Waals surface area contributed by atoms with Gasteiger partial charge in [-0.2, -0.15) is 5.10 Å². The number of hydrogen-bond donors (Lipinski definition) is 0. The molecule has 16 heavy (non-hydrogen) atoms. The summed E-state index contributed by atoms with van der Waals surface area (Å²) in [6.45, 7) is 7.54. The van der Waals surface area contributed by atoms with Crippen LogP contribution >= 0.6 is 15.9 Å². The summed E-state index contributed by atoms with van der Waals surface area (Å²) < 4.78 is 2.14. The number of aryl methyl sites for hydroxylation is 3. The van der Waals surface area contributed by atoms with Gasteiger partial charge in [0, 0.05) is 17.1 Å². The number of rotatable bonds is 7. The first kappa shape index (κ1) is 13.8. The lowest BCUT2D eigenvalue weighted by molar-refractivity contribution is 0.593. The Bertz CT molecular complexity index is 307. The highest BCUT2D eigenvalue weighted by molar-refractivity contribution is 9.09. The fraction of sp³-hybridized carbons (Fsp3) is 0.769.